The van der Waals surface area contributed by atoms with E-state index in [4.69, 9.17) is 10.5 Å². The Hall–Kier alpha value is -1.25. The molecule has 0 unspecified atom stereocenters. The predicted molar refractivity (Wildman–Crippen MR) is 58.5 cm³/mol. The van der Waals surface area contributed by atoms with Gasteiger partial charge in [-0.2, -0.15) is 0 Å². The highest BCUT2D eigenvalue weighted by Gasteiger charge is 2.07. The fourth-order valence-electron chi connectivity index (χ4n) is 1.13. The van der Waals surface area contributed by atoms with Gasteiger partial charge in [0.1, 0.15) is 0 Å². The highest BCUT2D eigenvalue weighted by Crippen LogP contribution is 2.24. The lowest BCUT2D eigenvalue weighted by atomic mass is 10.1. The molecule has 0 saturated heterocycles. The second-order valence-electron chi connectivity index (χ2n) is 3.97. The van der Waals surface area contributed by atoms with Crippen LogP contribution in [0, 0.1) is 0 Å². The maximum atomic E-state index is 5.70. The molecular formula is C11H18N2O. The number of rotatable bonds is 3. The van der Waals surface area contributed by atoms with Crippen LogP contribution in [0.2, 0.25) is 0 Å². The number of hydrogen-bond acceptors (Lipinski definition) is 3. The molecule has 0 bridgehead atoms. The summed E-state index contributed by atoms with van der Waals surface area (Å²) in [7, 11) is 0. The fourth-order valence-corrected chi connectivity index (χ4v) is 1.13. The number of pyridine rings is 1. The molecule has 0 aromatic carbocycles. The van der Waals surface area contributed by atoms with E-state index in [2.05, 4.69) is 18.8 Å². The standard InChI is InChI=1S/C11H18N2O/c1-7(2)9-5-10(14-8(3)4)11(12)13-6-9/h5-8H,1-4H3,(H2,12,13). The Morgan fingerprint density at radius 1 is 1.29 bits per heavy atom. The molecule has 0 aliphatic heterocycles. The van der Waals surface area contributed by atoms with Crippen molar-refractivity contribution in [3.8, 4) is 5.75 Å². The molecule has 0 atom stereocenters. The highest BCUT2D eigenvalue weighted by molar-refractivity contribution is 5.47. The van der Waals surface area contributed by atoms with Crippen LogP contribution in [0.3, 0.4) is 0 Å². The molecule has 0 aliphatic rings. The third kappa shape index (κ3) is 2.62. The fraction of sp³-hybridized carbons (Fsp3) is 0.545. The van der Waals surface area contributed by atoms with Crippen LogP contribution in [0.4, 0.5) is 5.82 Å². The zero-order valence-corrected chi connectivity index (χ0v) is 9.24. The molecule has 1 heterocycles. The number of anilines is 1. The Kier molecular flexibility index (Phi) is 3.33. The number of aromatic nitrogens is 1. The van der Waals surface area contributed by atoms with E-state index in [1.165, 1.54) is 0 Å². The molecule has 1 aromatic heterocycles. The summed E-state index contributed by atoms with van der Waals surface area (Å²) >= 11 is 0. The first kappa shape index (κ1) is 10.8. The third-order valence-corrected chi connectivity index (χ3v) is 1.93. The van der Waals surface area contributed by atoms with Gasteiger partial charge in [0, 0.05) is 6.20 Å². The van der Waals surface area contributed by atoms with Crippen molar-refractivity contribution in [3.05, 3.63) is 17.8 Å². The molecular weight excluding hydrogens is 176 g/mol. The second kappa shape index (κ2) is 4.31. The summed E-state index contributed by atoms with van der Waals surface area (Å²) in [5.74, 6) is 1.59. The van der Waals surface area contributed by atoms with Gasteiger partial charge in [0.15, 0.2) is 11.6 Å². The maximum absolute atomic E-state index is 5.70. The van der Waals surface area contributed by atoms with E-state index < -0.39 is 0 Å². The van der Waals surface area contributed by atoms with Crippen molar-refractivity contribution < 1.29 is 4.74 Å². The largest absolute Gasteiger partial charge is 0.487 e. The van der Waals surface area contributed by atoms with Gasteiger partial charge >= 0.3 is 0 Å². The molecule has 14 heavy (non-hydrogen) atoms. The maximum Gasteiger partial charge on any atom is 0.166 e. The molecule has 0 amide bonds. The van der Waals surface area contributed by atoms with Crippen molar-refractivity contribution in [2.45, 2.75) is 39.7 Å². The van der Waals surface area contributed by atoms with Crippen LogP contribution >= 0.6 is 0 Å². The van der Waals surface area contributed by atoms with Crippen molar-refractivity contribution >= 4 is 5.82 Å². The number of nitrogens with zero attached hydrogens (tertiary/aromatic N) is 1. The van der Waals surface area contributed by atoms with E-state index in [0.717, 1.165) is 5.56 Å². The van der Waals surface area contributed by atoms with Gasteiger partial charge in [-0.1, -0.05) is 13.8 Å². The zero-order chi connectivity index (χ0) is 10.7. The molecule has 0 aliphatic carbocycles. The van der Waals surface area contributed by atoms with Gasteiger partial charge in [-0.15, -0.1) is 0 Å². The van der Waals surface area contributed by atoms with E-state index in [9.17, 15) is 0 Å². The summed E-state index contributed by atoms with van der Waals surface area (Å²) in [6.07, 6.45) is 1.93. The predicted octanol–water partition coefficient (Wildman–Crippen LogP) is 2.57. The monoisotopic (exact) mass is 194 g/mol. The molecule has 2 N–H and O–H groups in total. The molecule has 78 valence electrons. The highest BCUT2D eigenvalue weighted by atomic mass is 16.5. The van der Waals surface area contributed by atoms with Crippen molar-refractivity contribution in [1.82, 2.24) is 4.98 Å². The van der Waals surface area contributed by atoms with E-state index in [1.807, 2.05) is 19.9 Å². The summed E-state index contributed by atoms with van der Waals surface area (Å²) in [5, 5.41) is 0. The molecule has 0 fully saturated rings. The summed E-state index contributed by atoms with van der Waals surface area (Å²) in [6.45, 7) is 8.18. The van der Waals surface area contributed by atoms with Crippen LogP contribution in [0.1, 0.15) is 39.2 Å². The van der Waals surface area contributed by atoms with Gasteiger partial charge in [-0.05, 0) is 31.4 Å². The topological polar surface area (TPSA) is 48.1 Å². The number of nitrogens with two attached hydrogens (primary N) is 1. The van der Waals surface area contributed by atoms with Crippen LogP contribution in [0.25, 0.3) is 0 Å². The Morgan fingerprint density at radius 2 is 1.93 bits per heavy atom. The number of ether oxygens (including phenoxy) is 1. The van der Waals surface area contributed by atoms with Crippen LogP contribution in [0.5, 0.6) is 5.75 Å². The lowest BCUT2D eigenvalue weighted by Crippen LogP contribution is -2.09. The Labute approximate surface area is 85.3 Å². The first-order valence-corrected chi connectivity index (χ1v) is 4.92. The van der Waals surface area contributed by atoms with Crippen LogP contribution in [-0.4, -0.2) is 11.1 Å². The minimum absolute atomic E-state index is 0.126. The summed E-state index contributed by atoms with van der Waals surface area (Å²) in [5.41, 5.74) is 6.85. The van der Waals surface area contributed by atoms with E-state index in [1.54, 1.807) is 6.20 Å². The van der Waals surface area contributed by atoms with Crippen molar-refractivity contribution in [2.24, 2.45) is 0 Å². The van der Waals surface area contributed by atoms with E-state index >= 15 is 0 Å². The Bertz CT molecular complexity index is 308. The molecule has 3 heteroatoms. The van der Waals surface area contributed by atoms with Gasteiger partial charge in [-0.25, -0.2) is 4.98 Å². The van der Waals surface area contributed by atoms with Gasteiger partial charge in [0.2, 0.25) is 0 Å². The lowest BCUT2D eigenvalue weighted by molar-refractivity contribution is 0.243. The molecule has 3 nitrogen and oxygen atoms in total. The van der Waals surface area contributed by atoms with Crippen molar-refractivity contribution in [3.63, 3.8) is 0 Å². The number of nitrogen functional groups attached to an aromatic ring is 1. The molecule has 1 aromatic rings. The van der Waals surface area contributed by atoms with Crippen molar-refractivity contribution in [1.29, 1.82) is 0 Å². The van der Waals surface area contributed by atoms with Gasteiger partial charge in [0.05, 0.1) is 6.10 Å². The molecule has 0 radical (unpaired) electrons. The van der Waals surface area contributed by atoms with Crippen molar-refractivity contribution in [2.75, 3.05) is 5.73 Å². The SMILES string of the molecule is CC(C)Oc1cc(C(C)C)cnc1N. The average molecular weight is 194 g/mol. The van der Waals surface area contributed by atoms with E-state index in [-0.39, 0.29) is 6.10 Å². The Morgan fingerprint density at radius 3 is 2.43 bits per heavy atom. The zero-order valence-electron chi connectivity index (χ0n) is 9.24. The summed E-state index contributed by atoms with van der Waals surface area (Å²) in [4.78, 5) is 4.11. The average Bonchev–Trinajstić information content (AvgIpc) is 2.07. The third-order valence-electron chi connectivity index (χ3n) is 1.93. The first-order valence-electron chi connectivity index (χ1n) is 4.92. The van der Waals surface area contributed by atoms with Crippen LogP contribution in [-0.2, 0) is 0 Å². The lowest BCUT2D eigenvalue weighted by Gasteiger charge is -2.13. The van der Waals surface area contributed by atoms with E-state index in [0.29, 0.717) is 17.5 Å². The summed E-state index contributed by atoms with van der Waals surface area (Å²) < 4.78 is 5.55. The second-order valence-corrected chi connectivity index (χ2v) is 3.97. The molecule has 0 saturated carbocycles. The molecule has 1 rings (SSSR count). The Balaban J connectivity index is 2.96. The number of hydrogen-bond donors (Lipinski definition) is 1. The van der Waals surface area contributed by atoms with Crippen LogP contribution < -0.4 is 10.5 Å². The first-order chi connectivity index (χ1) is 6.50. The smallest absolute Gasteiger partial charge is 0.166 e. The summed E-state index contributed by atoms with van der Waals surface area (Å²) in [6, 6.07) is 1.97. The normalized spacial score (nSPS) is 11.0. The minimum atomic E-state index is 0.126. The van der Waals surface area contributed by atoms with Gasteiger partial charge < -0.3 is 10.5 Å². The van der Waals surface area contributed by atoms with Crippen LogP contribution in [0.15, 0.2) is 12.3 Å². The van der Waals surface area contributed by atoms with Gasteiger partial charge in [-0.3, -0.25) is 0 Å². The quantitative estimate of drug-likeness (QED) is 0.804. The molecule has 0 spiro atoms. The van der Waals surface area contributed by atoms with Gasteiger partial charge in [0.25, 0.3) is 0 Å². The minimum Gasteiger partial charge on any atom is -0.487 e.